The molecule has 0 aliphatic carbocycles. The lowest BCUT2D eigenvalue weighted by Gasteiger charge is -2.43. The highest BCUT2D eigenvalue weighted by molar-refractivity contribution is 7.46. The smallest absolute Gasteiger partial charge is 0.394 e. The van der Waals surface area contributed by atoms with Gasteiger partial charge < -0.3 is 44.3 Å². The Bertz CT molecular complexity index is 608. The van der Waals surface area contributed by atoms with E-state index in [4.69, 9.17) is 34.1 Å². The summed E-state index contributed by atoms with van der Waals surface area (Å²) < 4.78 is 51.0. The van der Waals surface area contributed by atoms with Crippen LogP contribution in [0.5, 0.6) is 0 Å². The zero-order valence-corrected chi connectivity index (χ0v) is 16.2. The van der Waals surface area contributed by atoms with Crippen LogP contribution in [-0.4, -0.2) is 83.3 Å². The van der Waals surface area contributed by atoms with Crippen molar-refractivity contribution in [1.29, 1.82) is 0 Å². The summed E-state index contributed by atoms with van der Waals surface area (Å²) in [6.07, 6.45) is -8.86. The molecule has 0 spiro atoms. The summed E-state index contributed by atoms with van der Waals surface area (Å²) >= 11 is 0. The lowest BCUT2D eigenvalue weighted by molar-refractivity contribution is -0.223. The number of phosphoric ester groups is 3. The van der Waals surface area contributed by atoms with Gasteiger partial charge in [0.2, 0.25) is 0 Å². The Balaban J connectivity index is 2.93. The first-order valence-electron chi connectivity index (χ1n) is 7.25. The third kappa shape index (κ3) is 9.50. The van der Waals surface area contributed by atoms with E-state index in [1.165, 1.54) is 0 Å². The van der Waals surface area contributed by atoms with Crippen LogP contribution < -0.4 is 0 Å². The molecule has 15 nitrogen and oxygen atoms in total. The quantitative estimate of drug-likeness (QED) is 0.128. The van der Waals surface area contributed by atoms with Crippen molar-refractivity contribution in [3.8, 4) is 0 Å². The summed E-state index contributed by atoms with van der Waals surface area (Å²) in [7, 11) is -15.2. The van der Waals surface area contributed by atoms with Crippen molar-refractivity contribution in [2.24, 2.45) is 0 Å². The average Bonchev–Trinajstić information content (AvgIpc) is 2.45. The molecule has 0 bridgehead atoms. The van der Waals surface area contributed by atoms with Gasteiger partial charge in [-0.15, -0.1) is 0 Å². The van der Waals surface area contributed by atoms with E-state index < -0.39 is 67.2 Å². The van der Waals surface area contributed by atoms with Crippen LogP contribution in [-0.2, 0) is 32.0 Å². The average molecular weight is 462 g/mol. The number of rotatable bonds is 10. The first-order chi connectivity index (χ1) is 12.1. The molecule has 0 amide bonds. The fraction of sp³-hybridized carbons (Fsp3) is 1.00. The molecule has 1 saturated heterocycles. The van der Waals surface area contributed by atoms with Crippen molar-refractivity contribution in [2.45, 2.75) is 43.4 Å². The van der Waals surface area contributed by atoms with Crippen LogP contribution in [0.25, 0.3) is 0 Å². The summed E-state index contributed by atoms with van der Waals surface area (Å²) in [6, 6.07) is 0. The summed E-state index contributed by atoms with van der Waals surface area (Å²) in [5, 5.41) is 19.6. The topological polar surface area (TPSA) is 250 Å². The molecular formula is C9H21O15P3. The lowest BCUT2D eigenvalue weighted by atomic mass is 9.93. The molecule has 5 atom stereocenters. The first kappa shape index (κ1) is 25.2. The second-order valence-electron chi connectivity index (χ2n) is 5.47. The number of aliphatic hydroxyl groups is 2. The normalized spacial score (nSPS) is 30.4. The van der Waals surface area contributed by atoms with E-state index in [1.54, 1.807) is 0 Å². The number of hydrogen-bond acceptors (Lipinski definition) is 9. The molecule has 0 aromatic heterocycles. The minimum absolute atomic E-state index is 0.0857. The Morgan fingerprint density at radius 2 is 1.33 bits per heavy atom. The van der Waals surface area contributed by atoms with E-state index in [0.29, 0.717) is 0 Å². The molecule has 1 aliphatic rings. The molecule has 0 aromatic carbocycles. The summed E-state index contributed by atoms with van der Waals surface area (Å²) in [4.78, 5) is 53.0. The Labute approximate surface area is 152 Å². The van der Waals surface area contributed by atoms with Gasteiger partial charge in [0.1, 0.15) is 24.4 Å². The van der Waals surface area contributed by atoms with Crippen LogP contribution in [0, 0.1) is 0 Å². The van der Waals surface area contributed by atoms with Crippen LogP contribution >= 0.6 is 23.5 Å². The number of phosphoric acid groups is 3. The molecule has 1 fully saturated rings. The molecule has 0 saturated carbocycles. The van der Waals surface area contributed by atoms with Crippen molar-refractivity contribution >= 4 is 23.5 Å². The maximum Gasteiger partial charge on any atom is 0.470 e. The third-order valence-corrected chi connectivity index (χ3v) is 4.90. The van der Waals surface area contributed by atoms with Gasteiger partial charge in [0.05, 0.1) is 19.3 Å². The molecule has 0 radical (unpaired) electrons. The van der Waals surface area contributed by atoms with Crippen molar-refractivity contribution < 1.29 is 71.6 Å². The molecule has 27 heavy (non-hydrogen) atoms. The summed E-state index contributed by atoms with van der Waals surface area (Å²) in [5.74, 6) is 0. The number of hydrogen-bond donors (Lipinski definition) is 8. The Hall–Kier alpha value is 0.210. The minimum Gasteiger partial charge on any atom is -0.394 e. The molecular weight excluding hydrogens is 441 g/mol. The molecule has 1 aliphatic heterocycles. The van der Waals surface area contributed by atoms with Gasteiger partial charge in [-0.1, -0.05) is 0 Å². The van der Waals surface area contributed by atoms with Crippen molar-refractivity contribution in [1.82, 2.24) is 0 Å². The number of aliphatic hydroxyl groups excluding tert-OH is 2. The molecule has 0 unspecified atom stereocenters. The second-order valence-corrected chi connectivity index (χ2v) is 9.10. The molecule has 18 heteroatoms. The zero-order chi connectivity index (χ0) is 21.0. The van der Waals surface area contributed by atoms with Gasteiger partial charge in [0.15, 0.2) is 0 Å². The van der Waals surface area contributed by atoms with Crippen molar-refractivity contribution in [3.05, 3.63) is 0 Å². The van der Waals surface area contributed by atoms with Crippen molar-refractivity contribution in [3.63, 3.8) is 0 Å². The fourth-order valence-electron chi connectivity index (χ4n) is 2.42. The van der Waals surface area contributed by atoms with E-state index in [1.807, 2.05) is 0 Å². The van der Waals surface area contributed by atoms with Crippen LogP contribution in [0.1, 0.15) is 12.8 Å². The van der Waals surface area contributed by atoms with Gasteiger partial charge in [0, 0.05) is 0 Å². The molecule has 1 heterocycles. The summed E-state index contributed by atoms with van der Waals surface area (Å²) in [6.45, 7) is -1.36. The predicted molar refractivity (Wildman–Crippen MR) is 82.8 cm³/mol. The molecule has 0 aromatic rings. The standard InChI is InChI=1S/C9H21O15P3/c10-4-6-8(23-26(15,16)17)9(24-27(18,19)20)7(11)5(22-6)2-1-3-21-25(12,13)14/h5-11H,1-4H2,(H2,12,13,14)(H2,15,16,17)(H2,18,19,20)/t5-,6-,7+,8+,9-/m1/s1. The van der Waals surface area contributed by atoms with E-state index in [0.717, 1.165) is 0 Å². The highest BCUT2D eigenvalue weighted by atomic mass is 31.2. The van der Waals surface area contributed by atoms with E-state index in [9.17, 15) is 23.9 Å². The van der Waals surface area contributed by atoms with Crippen LogP contribution in [0.15, 0.2) is 0 Å². The second kappa shape index (κ2) is 9.81. The van der Waals surface area contributed by atoms with Gasteiger partial charge in [-0.05, 0) is 12.8 Å². The molecule has 8 N–H and O–H groups in total. The maximum absolute atomic E-state index is 11.1. The minimum atomic E-state index is -5.25. The molecule has 162 valence electrons. The monoisotopic (exact) mass is 462 g/mol. The van der Waals surface area contributed by atoms with Crippen LogP contribution in [0.3, 0.4) is 0 Å². The largest absolute Gasteiger partial charge is 0.470 e. The highest BCUT2D eigenvalue weighted by Crippen LogP contribution is 2.47. The van der Waals surface area contributed by atoms with Crippen LogP contribution in [0.2, 0.25) is 0 Å². The SMILES string of the molecule is O=P(O)(O)OCCC[C@H]1O[C@H](CO)[C@H](OP(=O)(O)O)[C@H](OP(=O)(O)O)[C@H]1O. The van der Waals surface area contributed by atoms with Gasteiger partial charge in [-0.2, -0.15) is 0 Å². The fourth-order valence-corrected chi connectivity index (χ4v) is 3.92. The van der Waals surface area contributed by atoms with Gasteiger partial charge >= 0.3 is 23.5 Å². The van der Waals surface area contributed by atoms with Crippen molar-refractivity contribution in [2.75, 3.05) is 13.2 Å². The van der Waals surface area contributed by atoms with E-state index in [2.05, 4.69) is 13.6 Å². The highest BCUT2D eigenvalue weighted by Gasteiger charge is 2.50. The van der Waals surface area contributed by atoms with Gasteiger partial charge in [-0.25, -0.2) is 13.7 Å². The zero-order valence-electron chi connectivity index (χ0n) is 13.5. The Morgan fingerprint density at radius 1 is 0.815 bits per heavy atom. The van der Waals surface area contributed by atoms with E-state index >= 15 is 0 Å². The van der Waals surface area contributed by atoms with Crippen LogP contribution in [0.4, 0.5) is 0 Å². The predicted octanol–water partition coefficient (Wildman–Crippen LogP) is -2.05. The summed E-state index contributed by atoms with van der Waals surface area (Å²) in [5.41, 5.74) is 0. The first-order valence-corrected chi connectivity index (χ1v) is 11.8. The molecule has 1 rings (SSSR count). The Morgan fingerprint density at radius 3 is 1.78 bits per heavy atom. The lowest BCUT2D eigenvalue weighted by Crippen LogP contribution is -2.59. The third-order valence-electron chi connectivity index (χ3n) is 3.35. The van der Waals surface area contributed by atoms with Gasteiger partial charge in [-0.3, -0.25) is 13.6 Å². The number of ether oxygens (including phenoxy) is 1. The van der Waals surface area contributed by atoms with E-state index in [-0.39, 0.29) is 12.8 Å². The Kier molecular flexibility index (Phi) is 9.17. The maximum atomic E-state index is 11.1. The van der Waals surface area contributed by atoms with Gasteiger partial charge in [0.25, 0.3) is 0 Å².